The van der Waals surface area contributed by atoms with Gasteiger partial charge in [0.05, 0.1) is 30.1 Å². The maximum Gasteiger partial charge on any atom is 0.252 e. The second-order valence-electron chi connectivity index (χ2n) is 6.66. The molecule has 0 aliphatic heterocycles. The average Bonchev–Trinajstić information content (AvgIpc) is 2.75. The number of benzene rings is 2. The highest BCUT2D eigenvalue weighted by atomic mass is 79.9. The van der Waals surface area contributed by atoms with E-state index in [0.717, 1.165) is 12.8 Å². The van der Waals surface area contributed by atoms with E-state index in [4.69, 9.17) is 9.47 Å². The standard InChI is InChI=1S/C22H25BrFN3O4/c1-4-5-10-31-20-16(23)11-15(12-19(20)30-3)13-25-27-22(29)14(2)21(28)26-18-9-7-6-8-17(18)24/h6-9,11-14H,4-5,10H2,1-3H3,(H,26,28)(H,27,29). The number of ether oxygens (including phenoxy) is 2. The van der Waals surface area contributed by atoms with Gasteiger partial charge in [-0.05, 0) is 59.1 Å². The smallest absolute Gasteiger partial charge is 0.252 e. The quantitative estimate of drug-likeness (QED) is 0.220. The van der Waals surface area contributed by atoms with Gasteiger partial charge in [-0.3, -0.25) is 9.59 Å². The van der Waals surface area contributed by atoms with Gasteiger partial charge in [0, 0.05) is 0 Å². The molecule has 166 valence electrons. The fourth-order valence-corrected chi connectivity index (χ4v) is 3.04. The molecule has 0 saturated heterocycles. The summed E-state index contributed by atoms with van der Waals surface area (Å²) in [5, 5.41) is 6.28. The largest absolute Gasteiger partial charge is 0.493 e. The number of halogens is 2. The number of methoxy groups -OCH3 is 1. The number of hydrogen-bond donors (Lipinski definition) is 2. The molecular weight excluding hydrogens is 469 g/mol. The van der Waals surface area contributed by atoms with Crippen LogP contribution in [0.2, 0.25) is 0 Å². The van der Waals surface area contributed by atoms with Crippen LogP contribution in [0.4, 0.5) is 10.1 Å². The van der Waals surface area contributed by atoms with Crippen molar-refractivity contribution in [2.75, 3.05) is 19.0 Å². The number of anilines is 1. The van der Waals surface area contributed by atoms with Crippen LogP contribution in [0.25, 0.3) is 0 Å². The number of rotatable bonds is 10. The van der Waals surface area contributed by atoms with Gasteiger partial charge in [0.2, 0.25) is 5.91 Å². The minimum Gasteiger partial charge on any atom is -0.493 e. The van der Waals surface area contributed by atoms with E-state index in [0.29, 0.717) is 28.1 Å². The minimum absolute atomic E-state index is 0.00819. The average molecular weight is 494 g/mol. The van der Waals surface area contributed by atoms with Crippen LogP contribution in [-0.4, -0.2) is 31.7 Å². The van der Waals surface area contributed by atoms with Crippen LogP contribution < -0.4 is 20.2 Å². The predicted molar refractivity (Wildman–Crippen MR) is 121 cm³/mol. The Morgan fingerprint density at radius 3 is 2.68 bits per heavy atom. The number of hydrazone groups is 1. The number of nitrogens with zero attached hydrogens (tertiary/aromatic N) is 1. The van der Waals surface area contributed by atoms with E-state index in [9.17, 15) is 14.0 Å². The monoisotopic (exact) mass is 493 g/mol. The Labute approximate surface area is 189 Å². The van der Waals surface area contributed by atoms with Crippen LogP contribution in [-0.2, 0) is 9.59 Å². The van der Waals surface area contributed by atoms with Crippen LogP contribution in [0.5, 0.6) is 11.5 Å². The summed E-state index contributed by atoms with van der Waals surface area (Å²) in [7, 11) is 1.53. The summed E-state index contributed by atoms with van der Waals surface area (Å²) in [6, 6.07) is 9.21. The molecule has 2 rings (SSSR count). The van der Waals surface area contributed by atoms with E-state index < -0.39 is 23.5 Å². The molecule has 7 nitrogen and oxygen atoms in total. The molecule has 0 heterocycles. The molecule has 2 amide bonds. The van der Waals surface area contributed by atoms with Gasteiger partial charge in [-0.2, -0.15) is 5.10 Å². The Bertz CT molecular complexity index is 952. The number of carbonyl (C=O) groups excluding carboxylic acids is 2. The summed E-state index contributed by atoms with van der Waals surface area (Å²) in [5.74, 6) is -1.81. The lowest BCUT2D eigenvalue weighted by Gasteiger charge is -2.13. The molecule has 0 spiro atoms. The maximum atomic E-state index is 13.7. The van der Waals surface area contributed by atoms with Crippen molar-refractivity contribution >= 4 is 39.6 Å². The number of carbonyl (C=O) groups is 2. The molecule has 1 atom stereocenters. The lowest BCUT2D eigenvalue weighted by Crippen LogP contribution is -2.34. The number of hydrogen-bond acceptors (Lipinski definition) is 5. The summed E-state index contributed by atoms with van der Waals surface area (Å²) in [6.45, 7) is 4.05. The minimum atomic E-state index is -1.08. The second-order valence-corrected chi connectivity index (χ2v) is 7.52. The van der Waals surface area contributed by atoms with Gasteiger partial charge in [-0.1, -0.05) is 25.5 Å². The highest BCUT2D eigenvalue weighted by Crippen LogP contribution is 2.36. The first-order chi connectivity index (χ1) is 14.9. The third kappa shape index (κ3) is 7.06. The molecule has 2 N–H and O–H groups in total. The number of para-hydroxylation sites is 1. The molecule has 0 aliphatic carbocycles. The van der Waals surface area contributed by atoms with Crippen LogP contribution in [0.1, 0.15) is 32.3 Å². The van der Waals surface area contributed by atoms with E-state index in [1.807, 2.05) is 0 Å². The van der Waals surface area contributed by atoms with Crippen molar-refractivity contribution in [3.63, 3.8) is 0 Å². The maximum absolute atomic E-state index is 13.7. The first kappa shape index (κ1) is 24.3. The third-order valence-corrected chi connectivity index (χ3v) is 4.89. The highest BCUT2D eigenvalue weighted by Gasteiger charge is 2.22. The van der Waals surface area contributed by atoms with Crippen molar-refractivity contribution in [2.45, 2.75) is 26.7 Å². The zero-order valence-electron chi connectivity index (χ0n) is 17.6. The lowest BCUT2D eigenvalue weighted by atomic mass is 10.1. The lowest BCUT2D eigenvalue weighted by molar-refractivity contribution is -0.131. The van der Waals surface area contributed by atoms with Crippen molar-refractivity contribution in [1.29, 1.82) is 0 Å². The highest BCUT2D eigenvalue weighted by molar-refractivity contribution is 9.10. The van der Waals surface area contributed by atoms with Crippen LogP contribution >= 0.6 is 15.9 Å². The van der Waals surface area contributed by atoms with Crippen LogP contribution in [0.15, 0.2) is 46.0 Å². The Kier molecular flexibility index (Phi) is 9.45. The van der Waals surface area contributed by atoms with Gasteiger partial charge in [0.25, 0.3) is 5.91 Å². The Hall–Kier alpha value is -2.94. The Morgan fingerprint density at radius 1 is 1.26 bits per heavy atom. The molecule has 2 aromatic carbocycles. The van der Waals surface area contributed by atoms with E-state index in [1.165, 1.54) is 38.4 Å². The van der Waals surface area contributed by atoms with Crippen molar-refractivity contribution in [1.82, 2.24) is 5.43 Å². The van der Waals surface area contributed by atoms with Crippen LogP contribution in [0.3, 0.4) is 0 Å². The molecule has 0 aliphatic rings. The van der Waals surface area contributed by atoms with Crippen molar-refractivity contribution in [3.8, 4) is 11.5 Å². The third-order valence-electron chi connectivity index (χ3n) is 4.30. The summed E-state index contributed by atoms with van der Waals surface area (Å²) < 4.78 is 25.5. The Balaban J connectivity index is 1.99. The van der Waals surface area contributed by atoms with E-state index in [2.05, 4.69) is 38.7 Å². The topological polar surface area (TPSA) is 89.0 Å². The first-order valence-electron chi connectivity index (χ1n) is 9.76. The fourth-order valence-electron chi connectivity index (χ4n) is 2.46. The molecule has 0 saturated carbocycles. The van der Waals surface area contributed by atoms with Crippen LogP contribution in [0, 0.1) is 11.7 Å². The van der Waals surface area contributed by atoms with E-state index in [1.54, 1.807) is 18.2 Å². The van der Waals surface area contributed by atoms with Gasteiger partial charge in [0.1, 0.15) is 11.7 Å². The van der Waals surface area contributed by atoms with Crippen molar-refractivity contribution < 1.29 is 23.5 Å². The van der Waals surface area contributed by atoms with Gasteiger partial charge in [0.15, 0.2) is 11.5 Å². The van der Waals surface area contributed by atoms with E-state index in [-0.39, 0.29) is 5.69 Å². The van der Waals surface area contributed by atoms with Crippen molar-refractivity contribution in [3.05, 3.63) is 52.3 Å². The SMILES string of the molecule is CCCCOc1c(Br)cc(C=NNC(=O)C(C)C(=O)Nc2ccccc2F)cc1OC. The number of nitrogens with one attached hydrogen (secondary N) is 2. The zero-order valence-corrected chi connectivity index (χ0v) is 19.2. The zero-order chi connectivity index (χ0) is 22.8. The molecule has 0 radical (unpaired) electrons. The van der Waals surface area contributed by atoms with Crippen molar-refractivity contribution in [2.24, 2.45) is 11.0 Å². The van der Waals surface area contributed by atoms with Gasteiger partial charge >= 0.3 is 0 Å². The van der Waals surface area contributed by atoms with Gasteiger partial charge in [-0.25, -0.2) is 9.82 Å². The number of unbranched alkanes of at least 4 members (excludes halogenated alkanes) is 1. The predicted octanol–water partition coefficient (Wildman–Crippen LogP) is 4.50. The second kappa shape index (κ2) is 12.0. The van der Waals surface area contributed by atoms with Gasteiger partial charge < -0.3 is 14.8 Å². The summed E-state index contributed by atoms with van der Waals surface area (Å²) in [6.07, 6.45) is 3.36. The normalized spacial score (nSPS) is 11.8. The fraction of sp³-hybridized carbons (Fsp3) is 0.318. The molecule has 0 bridgehead atoms. The molecule has 0 aromatic heterocycles. The molecule has 1 unspecified atom stereocenters. The first-order valence-corrected chi connectivity index (χ1v) is 10.5. The molecule has 9 heteroatoms. The van der Waals surface area contributed by atoms with Gasteiger partial charge in [-0.15, -0.1) is 0 Å². The Morgan fingerprint density at radius 2 is 2.00 bits per heavy atom. The molecule has 31 heavy (non-hydrogen) atoms. The van der Waals surface area contributed by atoms with E-state index >= 15 is 0 Å². The molecule has 0 fully saturated rings. The summed E-state index contributed by atoms with van der Waals surface area (Å²) in [5.41, 5.74) is 2.97. The molecular formula is C22H25BrFN3O4. The number of amides is 2. The summed E-state index contributed by atoms with van der Waals surface area (Å²) in [4.78, 5) is 24.4. The summed E-state index contributed by atoms with van der Waals surface area (Å²) >= 11 is 3.45. The molecule has 2 aromatic rings.